The molecule has 18 heavy (non-hydrogen) atoms. The number of carbonyl (C=O) groups is 2. The van der Waals surface area contributed by atoms with E-state index in [4.69, 9.17) is 4.43 Å². The van der Waals surface area contributed by atoms with Crippen molar-refractivity contribution in [3.8, 4) is 0 Å². The van der Waals surface area contributed by atoms with Crippen LogP contribution in [0.3, 0.4) is 0 Å². The molecule has 2 atom stereocenters. The zero-order valence-corrected chi connectivity index (χ0v) is 12.8. The van der Waals surface area contributed by atoms with E-state index in [1.54, 1.807) is 0 Å². The summed E-state index contributed by atoms with van der Waals surface area (Å²) in [7, 11) is -1.26. The summed E-state index contributed by atoms with van der Waals surface area (Å²) in [5.41, 5.74) is 0.586. The number of hydrogen-bond acceptors (Lipinski definition) is 3. The minimum Gasteiger partial charge on any atom is -0.411 e. The molecule has 0 aliphatic carbocycles. The van der Waals surface area contributed by atoms with Crippen LogP contribution in [-0.2, 0) is 14.0 Å². The highest BCUT2D eigenvalue weighted by molar-refractivity contribution is 6.48. The van der Waals surface area contributed by atoms with Crippen LogP contribution in [0.25, 0.3) is 0 Å². The van der Waals surface area contributed by atoms with Gasteiger partial charge >= 0.3 is 0 Å². The van der Waals surface area contributed by atoms with E-state index in [-0.39, 0.29) is 29.3 Å². The molecule has 1 saturated heterocycles. The molecule has 2 heterocycles. The van der Waals surface area contributed by atoms with Gasteiger partial charge < -0.3 is 4.43 Å². The minimum atomic E-state index is -1.26. The fourth-order valence-electron chi connectivity index (χ4n) is 2.72. The molecular weight excluding hydrogens is 246 g/mol. The van der Waals surface area contributed by atoms with Crippen LogP contribution in [0.15, 0.2) is 11.8 Å². The van der Waals surface area contributed by atoms with Gasteiger partial charge in [-0.3, -0.25) is 14.5 Å². The van der Waals surface area contributed by atoms with Crippen molar-refractivity contribution >= 4 is 20.9 Å². The van der Waals surface area contributed by atoms with Gasteiger partial charge in [-0.1, -0.05) is 26.8 Å². The molecule has 0 radical (unpaired) electrons. The van der Waals surface area contributed by atoms with Crippen molar-refractivity contribution in [2.45, 2.75) is 46.4 Å². The Kier molecular flexibility index (Phi) is 3.23. The predicted octanol–water partition coefficient (Wildman–Crippen LogP) is 1.67. The highest BCUT2D eigenvalue weighted by Crippen LogP contribution is 2.44. The first-order valence-corrected chi connectivity index (χ1v) is 9.24. The molecule has 2 rings (SSSR count). The summed E-state index contributed by atoms with van der Waals surface area (Å²) in [6.45, 7) is 10.3. The fraction of sp³-hybridized carbons (Fsp3) is 0.692. The maximum Gasteiger partial charge on any atom is 0.240 e. The SMILES string of the molecule is C[SiH](C)OC1C2=CCC(=O)N2C(=O)C1C(C)(C)C. The largest absolute Gasteiger partial charge is 0.411 e. The Morgan fingerprint density at radius 3 is 2.44 bits per heavy atom. The van der Waals surface area contributed by atoms with Crippen LogP contribution in [0.4, 0.5) is 0 Å². The van der Waals surface area contributed by atoms with E-state index in [0.717, 1.165) is 5.70 Å². The van der Waals surface area contributed by atoms with E-state index in [2.05, 4.69) is 13.1 Å². The molecule has 2 unspecified atom stereocenters. The van der Waals surface area contributed by atoms with Crippen molar-refractivity contribution in [3.63, 3.8) is 0 Å². The second kappa shape index (κ2) is 4.31. The van der Waals surface area contributed by atoms with Crippen molar-refractivity contribution in [1.82, 2.24) is 4.90 Å². The smallest absolute Gasteiger partial charge is 0.240 e. The lowest BCUT2D eigenvalue weighted by molar-refractivity contribution is -0.142. The van der Waals surface area contributed by atoms with Gasteiger partial charge in [-0.25, -0.2) is 0 Å². The highest BCUT2D eigenvalue weighted by atomic mass is 28.3. The summed E-state index contributed by atoms with van der Waals surface area (Å²) >= 11 is 0. The van der Waals surface area contributed by atoms with E-state index in [1.807, 2.05) is 26.8 Å². The van der Waals surface area contributed by atoms with Crippen LogP contribution in [-0.4, -0.2) is 31.9 Å². The molecule has 4 nitrogen and oxygen atoms in total. The first-order chi connectivity index (χ1) is 8.23. The van der Waals surface area contributed by atoms with E-state index in [0.29, 0.717) is 6.42 Å². The van der Waals surface area contributed by atoms with E-state index in [1.165, 1.54) is 4.90 Å². The number of fused-ring (bicyclic) bond motifs is 1. The quantitative estimate of drug-likeness (QED) is 0.565. The number of imide groups is 1. The van der Waals surface area contributed by atoms with Crippen LogP contribution in [0.5, 0.6) is 0 Å². The maximum atomic E-state index is 12.4. The number of carbonyl (C=O) groups excluding carboxylic acids is 2. The van der Waals surface area contributed by atoms with Crippen molar-refractivity contribution in [1.29, 1.82) is 0 Å². The zero-order chi connectivity index (χ0) is 13.7. The van der Waals surface area contributed by atoms with E-state index in [9.17, 15) is 9.59 Å². The van der Waals surface area contributed by atoms with Crippen molar-refractivity contribution in [2.75, 3.05) is 0 Å². The molecule has 0 aromatic rings. The van der Waals surface area contributed by atoms with E-state index >= 15 is 0 Å². The van der Waals surface area contributed by atoms with Gasteiger partial charge in [0.05, 0.1) is 17.7 Å². The van der Waals surface area contributed by atoms with Crippen molar-refractivity contribution in [3.05, 3.63) is 11.8 Å². The minimum absolute atomic E-state index is 0.0871. The van der Waals surface area contributed by atoms with Crippen LogP contribution in [0, 0.1) is 11.3 Å². The van der Waals surface area contributed by atoms with Crippen LogP contribution in [0.2, 0.25) is 13.1 Å². The molecular formula is C13H21NO3Si. The molecule has 2 amide bonds. The fourth-order valence-corrected chi connectivity index (χ4v) is 3.60. The summed E-state index contributed by atoms with van der Waals surface area (Å²) in [5.74, 6) is -0.445. The van der Waals surface area contributed by atoms with Crippen LogP contribution in [0.1, 0.15) is 27.2 Å². The predicted molar refractivity (Wildman–Crippen MR) is 71.2 cm³/mol. The summed E-state index contributed by atoms with van der Waals surface area (Å²) < 4.78 is 6.04. The number of rotatable bonds is 2. The summed E-state index contributed by atoms with van der Waals surface area (Å²) in [4.78, 5) is 25.6. The summed E-state index contributed by atoms with van der Waals surface area (Å²) in [6.07, 6.45) is 1.96. The molecule has 1 fully saturated rings. The molecule has 0 saturated carbocycles. The highest BCUT2D eigenvalue weighted by Gasteiger charge is 2.54. The lowest BCUT2D eigenvalue weighted by Crippen LogP contribution is -2.38. The van der Waals surface area contributed by atoms with E-state index < -0.39 is 9.04 Å². The number of nitrogens with zero attached hydrogens (tertiary/aromatic N) is 1. The molecule has 0 spiro atoms. The van der Waals surface area contributed by atoms with Gasteiger partial charge in [-0.15, -0.1) is 0 Å². The summed E-state index contributed by atoms with van der Waals surface area (Å²) in [5, 5.41) is 0. The number of amides is 2. The Hall–Kier alpha value is -0.943. The molecule has 2 aliphatic rings. The van der Waals surface area contributed by atoms with Gasteiger partial charge in [0.15, 0.2) is 9.04 Å². The molecule has 0 N–H and O–H groups in total. The van der Waals surface area contributed by atoms with Gasteiger partial charge in [-0.05, 0) is 18.5 Å². The topological polar surface area (TPSA) is 46.6 Å². The second-order valence-corrected chi connectivity index (χ2v) is 8.72. The molecule has 5 heteroatoms. The standard InChI is InChI=1S/C13H21NO3Si/c1-13(2,3)10-11(17-18(4)5)8-6-7-9(15)14(8)12(10)16/h6,10-11,18H,7H2,1-5H3. The lowest BCUT2D eigenvalue weighted by atomic mass is 9.78. The monoisotopic (exact) mass is 267 g/mol. The molecule has 0 bridgehead atoms. The third kappa shape index (κ3) is 2.05. The number of hydrogen-bond donors (Lipinski definition) is 0. The average molecular weight is 267 g/mol. The molecule has 0 aromatic carbocycles. The third-order valence-corrected chi connectivity index (χ3v) is 4.26. The third-order valence-electron chi connectivity index (χ3n) is 3.43. The molecule has 100 valence electrons. The first kappa shape index (κ1) is 13.5. The van der Waals surface area contributed by atoms with Gasteiger partial charge in [0.2, 0.25) is 11.8 Å². The Labute approximate surface area is 110 Å². The Morgan fingerprint density at radius 2 is 1.94 bits per heavy atom. The van der Waals surface area contributed by atoms with Crippen molar-refractivity contribution < 1.29 is 14.0 Å². The van der Waals surface area contributed by atoms with Gasteiger partial charge in [0.25, 0.3) is 0 Å². The maximum absolute atomic E-state index is 12.4. The molecule has 0 aromatic heterocycles. The van der Waals surface area contributed by atoms with Gasteiger partial charge in [0.1, 0.15) is 0 Å². The average Bonchev–Trinajstić information content (AvgIpc) is 2.67. The van der Waals surface area contributed by atoms with Crippen molar-refractivity contribution in [2.24, 2.45) is 11.3 Å². The van der Waals surface area contributed by atoms with Gasteiger partial charge in [-0.2, -0.15) is 0 Å². The Balaban J connectivity index is 2.39. The Morgan fingerprint density at radius 1 is 1.33 bits per heavy atom. The lowest BCUT2D eigenvalue weighted by Gasteiger charge is -2.30. The normalized spacial score (nSPS) is 28.1. The zero-order valence-electron chi connectivity index (χ0n) is 11.7. The molecule has 2 aliphatic heterocycles. The van der Waals surface area contributed by atoms with Crippen LogP contribution < -0.4 is 0 Å². The second-order valence-electron chi connectivity index (χ2n) is 6.35. The summed E-state index contributed by atoms with van der Waals surface area (Å²) in [6, 6.07) is 0. The Bertz CT molecular complexity index is 422. The first-order valence-electron chi connectivity index (χ1n) is 6.46. The van der Waals surface area contributed by atoms with Crippen LogP contribution >= 0.6 is 0 Å². The van der Waals surface area contributed by atoms with Gasteiger partial charge in [0, 0.05) is 6.42 Å².